The van der Waals surface area contributed by atoms with Crippen LogP contribution in [0, 0.1) is 0 Å². The Bertz CT molecular complexity index is 512. The van der Waals surface area contributed by atoms with Crippen LogP contribution in [0.3, 0.4) is 0 Å². The number of ether oxygens (including phenoxy) is 1. The van der Waals surface area contributed by atoms with Gasteiger partial charge >= 0.3 is 5.97 Å². The Kier molecular flexibility index (Phi) is 8.12. The molecule has 0 spiro atoms. The number of hydrogen-bond acceptors (Lipinski definition) is 5. The zero-order valence-corrected chi connectivity index (χ0v) is 16.5. The molecule has 0 aromatic rings. The summed E-state index contributed by atoms with van der Waals surface area (Å²) >= 11 is 0. The highest BCUT2D eigenvalue weighted by atomic mass is 32.2. The monoisotopic (exact) mass is 375 g/mol. The van der Waals surface area contributed by atoms with Gasteiger partial charge in [0.05, 0.1) is 6.61 Å². The lowest BCUT2D eigenvalue weighted by Crippen LogP contribution is -2.54. The van der Waals surface area contributed by atoms with Crippen LogP contribution in [0.25, 0.3) is 0 Å². The van der Waals surface area contributed by atoms with Gasteiger partial charge in [0.2, 0.25) is 0 Å². The number of carbonyl (C=O) groups is 1. The molecule has 0 unspecified atom stereocenters. The van der Waals surface area contributed by atoms with Crippen molar-refractivity contribution in [3.8, 4) is 0 Å². The summed E-state index contributed by atoms with van der Waals surface area (Å²) in [5.41, 5.74) is 0. The Hall–Kier alpha value is -0.700. The van der Waals surface area contributed by atoms with Gasteiger partial charge in [-0.25, -0.2) is 0 Å². The molecule has 1 saturated carbocycles. The van der Waals surface area contributed by atoms with E-state index in [0.29, 0.717) is 26.1 Å². The molecule has 0 N–H and O–H groups in total. The first-order chi connectivity index (χ1) is 11.9. The third kappa shape index (κ3) is 5.91. The third-order valence-corrected chi connectivity index (χ3v) is 7.31. The topological polar surface area (TPSA) is 70.2 Å². The molecule has 2 fully saturated rings. The number of nitrogens with zero attached hydrogens (tertiary/aromatic N) is 3. The molecule has 0 aromatic carbocycles. The highest BCUT2D eigenvalue weighted by molar-refractivity contribution is 7.86. The van der Waals surface area contributed by atoms with Gasteiger partial charge in [0.25, 0.3) is 10.2 Å². The Labute approximate surface area is 152 Å². The summed E-state index contributed by atoms with van der Waals surface area (Å²) < 4.78 is 33.8. The molecule has 7 nitrogen and oxygen atoms in total. The molecule has 0 radical (unpaired) electrons. The zero-order chi connectivity index (χ0) is 18.3. The summed E-state index contributed by atoms with van der Waals surface area (Å²) in [7, 11) is -1.63. The highest BCUT2D eigenvalue weighted by Gasteiger charge is 2.34. The van der Waals surface area contributed by atoms with Crippen LogP contribution in [-0.4, -0.2) is 80.3 Å². The van der Waals surface area contributed by atoms with Gasteiger partial charge in [0.15, 0.2) is 0 Å². The van der Waals surface area contributed by atoms with Crippen LogP contribution >= 0.6 is 0 Å². The van der Waals surface area contributed by atoms with Crippen LogP contribution in [0.2, 0.25) is 0 Å². The van der Waals surface area contributed by atoms with E-state index in [1.807, 2.05) is 6.92 Å². The highest BCUT2D eigenvalue weighted by Crippen LogP contribution is 2.25. The first kappa shape index (κ1) is 20.6. The van der Waals surface area contributed by atoms with Gasteiger partial charge in [-0.3, -0.25) is 4.79 Å². The number of rotatable bonds is 8. The van der Waals surface area contributed by atoms with E-state index in [4.69, 9.17) is 4.74 Å². The molecule has 0 bridgehead atoms. The van der Waals surface area contributed by atoms with Gasteiger partial charge < -0.3 is 9.64 Å². The van der Waals surface area contributed by atoms with Gasteiger partial charge in [-0.05, 0) is 32.7 Å². The van der Waals surface area contributed by atoms with Crippen molar-refractivity contribution >= 4 is 16.2 Å². The first-order valence-corrected chi connectivity index (χ1v) is 11.0. The van der Waals surface area contributed by atoms with E-state index < -0.39 is 10.2 Å². The predicted molar refractivity (Wildman–Crippen MR) is 97.4 cm³/mol. The van der Waals surface area contributed by atoms with E-state index in [-0.39, 0.29) is 12.0 Å². The van der Waals surface area contributed by atoms with E-state index in [0.717, 1.165) is 51.7 Å². The van der Waals surface area contributed by atoms with Crippen LogP contribution in [0.4, 0.5) is 0 Å². The van der Waals surface area contributed by atoms with Crippen molar-refractivity contribution in [1.29, 1.82) is 0 Å². The van der Waals surface area contributed by atoms with Gasteiger partial charge in [0, 0.05) is 45.7 Å². The predicted octanol–water partition coefficient (Wildman–Crippen LogP) is 1.46. The second-order valence-corrected chi connectivity index (χ2v) is 8.95. The lowest BCUT2D eigenvalue weighted by atomic mass is 9.96. The summed E-state index contributed by atoms with van der Waals surface area (Å²) in [5, 5.41) is 0. The summed E-state index contributed by atoms with van der Waals surface area (Å²) in [6.45, 7) is 5.54. The van der Waals surface area contributed by atoms with Crippen molar-refractivity contribution in [3.05, 3.63) is 0 Å². The molecule has 2 rings (SSSR count). The lowest BCUT2D eigenvalue weighted by Gasteiger charge is -2.38. The average Bonchev–Trinajstić information content (AvgIpc) is 2.62. The smallest absolute Gasteiger partial charge is 0.305 e. The van der Waals surface area contributed by atoms with Gasteiger partial charge in [0.1, 0.15) is 0 Å². The van der Waals surface area contributed by atoms with Crippen LogP contribution < -0.4 is 0 Å². The molecule has 8 heteroatoms. The second-order valence-electron chi connectivity index (χ2n) is 6.97. The van der Waals surface area contributed by atoms with Crippen molar-refractivity contribution in [3.63, 3.8) is 0 Å². The van der Waals surface area contributed by atoms with Crippen LogP contribution in [0.1, 0.15) is 51.9 Å². The van der Waals surface area contributed by atoms with Gasteiger partial charge in [-0.15, -0.1) is 0 Å². The molecule has 1 aliphatic carbocycles. The van der Waals surface area contributed by atoms with Crippen molar-refractivity contribution in [2.24, 2.45) is 0 Å². The average molecular weight is 376 g/mol. The third-order valence-electron chi connectivity index (χ3n) is 5.27. The minimum Gasteiger partial charge on any atom is -0.466 e. The normalized spacial score (nSPS) is 21.6. The van der Waals surface area contributed by atoms with Crippen LogP contribution in [0.5, 0.6) is 0 Å². The minimum absolute atomic E-state index is 0.154. The summed E-state index contributed by atoms with van der Waals surface area (Å²) in [6.07, 6.45) is 6.60. The van der Waals surface area contributed by atoms with E-state index in [2.05, 4.69) is 4.90 Å². The van der Waals surface area contributed by atoms with Crippen LogP contribution in [-0.2, 0) is 19.7 Å². The minimum atomic E-state index is -3.36. The number of esters is 1. The van der Waals surface area contributed by atoms with Crippen molar-refractivity contribution in [2.75, 3.05) is 46.4 Å². The summed E-state index contributed by atoms with van der Waals surface area (Å²) in [6, 6.07) is 0.154. The fraction of sp³-hybridized carbons (Fsp3) is 0.941. The largest absolute Gasteiger partial charge is 0.466 e. The van der Waals surface area contributed by atoms with E-state index in [1.54, 1.807) is 15.7 Å². The molecule has 0 amide bonds. The molecule has 1 saturated heterocycles. The van der Waals surface area contributed by atoms with Crippen molar-refractivity contribution in [1.82, 2.24) is 13.5 Å². The first-order valence-electron chi connectivity index (χ1n) is 9.56. The molecule has 146 valence electrons. The molecule has 0 atom stereocenters. The Balaban J connectivity index is 1.75. The maximum absolute atomic E-state index is 12.8. The quantitative estimate of drug-likeness (QED) is 0.601. The molecule has 2 aliphatic rings. The van der Waals surface area contributed by atoms with Crippen LogP contribution in [0.15, 0.2) is 0 Å². The fourth-order valence-electron chi connectivity index (χ4n) is 3.68. The Morgan fingerprint density at radius 2 is 1.76 bits per heavy atom. The fourth-order valence-corrected chi connectivity index (χ4v) is 5.26. The zero-order valence-electron chi connectivity index (χ0n) is 15.7. The SMILES string of the molecule is CCOC(=O)CCCN1CCN(S(=O)(=O)N(C)C2CCCCC2)CC1. The number of carbonyl (C=O) groups excluding carboxylic acids is 1. The molecule has 1 heterocycles. The van der Waals surface area contributed by atoms with E-state index in [1.165, 1.54) is 6.42 Å². The van der Waals surface area contributed by atoms with Gasteiger partial charge in [-0.1, -0.05) is 19.3 Å². The molecule has 0 aromatic heterocycles. The summed E-state index contributed by atoms with van der Waals surface area (Å²) in [4.78, 5) is 13.6. The number of hydrogen-bond donors (Lipinski definition) is 0. The van der Waals surface area contributed by atoms with E-state index >= 15 is 0 Å². The maximum atomic E-state index is 12.8. The molecular weight excluding hydrogens is 342 g/mol. The maximum Gasteiger partial charge on any atom is 0.305 e. The van der Waals surface area contributed by atoms with Crippen molar-refractivity contribution in [2.45, 2.75) is 57.9 Å². The summed E-state index contributed by atoms with van der Waals surface area (Å²) in [5.74, 6) is -0.155. The lowest BCUT2D eigenvalue weighted by molar-refractivity contribution is -0.143. The Morgan fingerprint density at radius 3 is 2.36 bits per heavy atom. The second kappa shape index (κ2) is 9.85. The molecule has 25 heavy (non-hydrogen) atoms. The standard InChI is InChI=1S/C17H33N3O4S/c1-3-24-17(21)10-7-11-19-12-14-20(15-13-19)25(22,23)18(2)16-8-5-4-6-9-16/h16H,3-15H2,1-2H3. The molecular formula is C17H33N3O4S. The number of piperazine rings is 1. The van der Waals surface area contributed by atoms with Crippen molar-refractivity contribution < 1.29 is 17.9 Å². The van der Waals surface area contributed by atoms with Gasteiger partial charge in [-0.2, -0.15) is 17.0 Å². The Morgan fingerprint density at radius 1 is 1.12 bits per heavy atom. The molecule has 1 aliphatic heterocycles. The van der Waals surface area contributed by atoms with E-state index in [9.17, 15) is 13.2 Å².